The van der Waals surface area contributed by atoms with Crippen molar-refractivity contribution in [1.82, 2.24) is 10.2 Å². The fourth-order valence-corrected chi connectivity index (χ4v) is 14.2. The van der Waals surface area contributed by atoms with Gasteiger partial charge in [0.15, 0.2) is 0 Å². The van der Waals surface area contributed by atoms with Crippen molar-refractivity contribution in [3.63, 3.8) is 0 Å². The number of carbonyl (C=O) groups is 2. The Hall–Kier alpha value is -2.47. The van der Waals surface area contributed by atoms with Crippen molar-refractivity contribution in [2.75, 3.05) is 26.2 Å². The minimum absolute atomic E-state index is 0.144. The highest BCUT2D eigenvalue weighted by atomic mass is 19.1. The Bertz CT molecular complexity index is 1580. The third kappa shape index (κ3) is 5.30. The summed E-state index contributed by atoms with van der Waals surface area (Å²) in [6.07, 6.45) is 16.3. The van der Waals surface area contributed by atoms with Crippen LogP contribution in [0.3, 0.4) is 0 Å². The highest BCUT2D eigenvalue weighted by molar-refractivity contribution is 5.88. The van der Waals surface area contributed by atoms with Crippen LogP contribution in [0.4, 0.5) is 4.39 Å². The van der Waals surface area contributed by atoms with E-state index in [0.717, 1.165) is 57.4 Å². The van der Waals surface area contributed by atoms with E-state index in [9.17, 15) is 19.1 Å². The Balaban J connectivity index is 1.13. The Kier molecular flexibility index (Phi) is 9.04. The van der Waals surface area contributed by atoms with Crippen LogP contribution < -0.4 is 5.32 Å². The summed E-state index contributed by atoms with van der Waals surface area (Å²) in [6.45, 7) is 23.5. The summed E-state index contributed by atoms with van der Waals surface area (Å²) in [5, 5.41) is 13.4. The van der Waals surface area contributed by atoms with Gasteiger partial charge in [-0.1, -0.05) is 58.9 Å². The van der Waals surface area contributed by atoms with Gasteiger partial charge in [-0.2, -0.15) is 0 Å². The average molecular weight is 687 g/mol. The number of aromatic carboxylic acids is 1. The molecule has 1 heterocycles. The number of carboxylic acids is 1. The van der Waals surface area contributed by atoms with Crippen molar-refractivity contribution in [2.45, 2.75) is 119 Å². The van der Waals surface area contributed by atoms with Gasteiger partial charge in [-0.3, -0.25) is 4.79 Å². The van der Waals surface area contributed by atoms with Crippen LogP contribution in [0.5, 0.6) is 0 Å². The number of hydrogen-bond donors (Lipinski definition) is 2. The second kappa shape index (κ2) is 12.6. The monoisotopic (exact) mass is 686 g/mol. The van der Waals surface area contributed by atoms with Crippen LogP contribution in [0, 0.1) is 62.5 Å². The van der Waals surface area contributed by atoms with Crippen LogP contribution in [0.1, 0.15) is 135 Å². The van der Waals surface area contributed by atoms with E-state index in [1.807, 2.05) is 6.07 Å². The minimum atomic E-state index is -1.22. The maximum absolute atomic E-state index is 14.9. The quantitative estimate of drug-likeness (QED) is 0.201. The van der Waals surface area contributed by atoms with Gasteiger partial charge >= 0.3 is 5.97 Å². The highest BCUT2D eigenvalue weighted by Crippen LogP contribution is 2.77. The molecule has 5 nitrogen and oxygen atoms in total. The summed E-state index contributed by atoms with van der Waals surface area (Å²) in [4.78, 5) is 25.7. The molecule has 5 aliphatic carbocycles. The number of benzene rings is 1. The fourth-order valence-electron chi connectivity index (χ4n) is 14.2. The molecule has 50 heavy (non-hydrogen) atoms. The molecule has 0 radical (unpaired) electrons. The molecule has 1 saturated heterocycles. The van der Waals surface area contributed by atoms with Gasteiger partial charge in [0.1, 0.15) is 5.82 Å². The number of fused-ring (bicyclic) bond motifs is 7. The molecule has 1 amide bonds. The second-order valence-corrected chi connectivity index (χ2v) is 19.1. The van der Waals surface area contributed by atoms with E-state index in [0.29, 0.717) is 40.9 Å². The number of carboxylic acid groups (broad SMARTS) is 1. The number of halogens is 1. The molecular formula is C44H63FN2O3. The zero-order valence-electron chi connectivity index (χ0n) is 31.8. The first kappa shape index (κ1) is 35.9. The van der Waals surface area contributed by atoms with Crippen molar-refractivity contribution in [3.05, 3.63) is 53.4 Å². The lowest BCUT2D eigenvalue weighted by molar-refractivity contribution is -0.225. The van der Waals surface area contributed by atoms with E-state index >= 15 is 0 Å². The molecule has 0 aromatic heterocycles. The van der Waals surface area contributed by atoms with Crippen LogP contribution in [0.15, 0.2) is 36.4 Å². The zero-order valence-corrected chi connectivity index (χ0v) is 31.8. The number of amides is 1. The maximum Gasteiger partial charge on any atom is 0.338 e. The first-order valence-corrected chi connectivity index (χ1v) is 20.0. The zero-order chi connectivity index (χ0) is 35.9. The van der Waals surface area contributed by atoms with Gasteiger partial charge in [0, 0.05) is 26.1 Å². The summed E-state index contributed by atoms with van der Waals surface area (Å²) in [5.41, 5.74) is 4.00. The molecule has 4 saturated carbocycles. The summed E-state index contributed by atoms with van der Waals surface area (Å²) in [6, 6.07) is 4.71. The first-order chi connectivity index (χ1) is 23.6. The van der Waals surface area contributed by atoms with Gasteiger partial charge in [-0.25, -0.2) is 9.18 Å². The van der Waals surface area contributed by atoms with E-state index < -0.39 is 11.8 Å². The maximum atomic E-state index is 14.9. The Morgan fingerprint density at radius 2 is 1.80 bits per heavy atom. The van der Waals surface area contributed by atoms with E-state index in [4.69, 9.17) is 0 Å². The molecule has 6 aliphatic rings. The van der Waals surface area contributed by atoms with Crippen molar-refractivity contribution >= 4 is 17.4 Å². The van der Waals surface area contributed by atoms with E-state index in [2.05, 4.69) is 64.4 Å². The van der Waals surface area contributed by atoms with Crippen LogP contribution in [0.2, 0.25) is 0 Å². The molecule has 0 bridgehead atoms. The third-order valence-corrected chi connectivity index (χ3v) is 16.8. The topological polar surface area (TPSA) is 69.6 Å². The molecule has 1 aromatic rings. The number of rotatable bonds is 9. The van der Waals surface area contributed by atoms with Gasteiger partial charge in [-0.15, -0.1) is 0 Å². The minimum Gasteiger partial charge on any atom is -0.478 e. The molecule has 6 heteroatoms. The molecule has 2 N–H and O–H groups in total. The van der Waals surface area contributed by atoms with Crippen LogP contribution >= 0.6 is 0 Å². The van der Waals surface area contributed by atoms with Crippen LogP contribution in [0.25, 0.3) is 5.57 Å². The molecule has 1 aromatic carbocycles. The summed E-state index contributed by atoms with van der Waals surface area (Å²) >= 11 is 0. The van der Waals surface area contributed by atoms with Gasteiger partial charge in [0.2, 0.25) is 5.91 Å². The van der Waals surface area contributed by atoms with Crippen molar-refractivity contribution < 1.29 is 19.1 Å². The molecule has 7 rings (SSSR count). The Morgan fingerprint density at radius 3 is 2.48 bits per heavy atom. The molecular weight excluding hydrogens is 623 g/mol. The molecule has 5 fully saturated rings. The van der Waals surface area contributed by atoms with Crippen LogP contribution in [-0.4, -0.2) is 48.1 Å². The molecule has 9 unspecified atom stereocenters. The van der Waals surface area contributed by atoms with E-state index in [-0.39, 0.29) is 27.2 Å². The number of allylic oxidation sites excluding steroid dienone is 3. The largest absolute Gasteiger partial charge is 0.478 e. The van der Waals surface area contributed by atoms with E-state index in [1.54, 1.807) is 0 Å². The lowest BCUT2D eigenvalue weighted by Gasteiger charge is -2.72. The number of nitrogens with one attached hydrogen (secondary N) is 1. The van der Waals surface area contributed by atoms with Gasteiger partial charge in [0.25, 0.3) is 0 Å². The summed E-state index contributed by atoms with van der Waals surface area (Å²) < 4.78 is 14.9. The van der Waals surface area contributed by atoms with E-state index in [1.165, 1.54) is 74.6 Å². The molecule has 0 spiro atoms. The van der Waals surface area contributed by atoms with Gasteiger partial charge in [0.05, 0.1) is 5.56 Å². The predicted octanol–water partition coefficient (Wildman–Crippen LogP) is 9.78. The number of hydrogen-bond acceptors (Lipinski definition) is 3. The Morgan fingerprint density at radius 1 is 1.02 bits per heavy atom. The van der Waals surface area contributed by atoms with Gasteiger partial charge < -0.3 is 15.3 Å². The van der Waals surface area contributed by atoms with Crippen molar-refractivity contribution in [2.24, 2.45) is 56.7 Å². The SMILES string of the molecule is C=C(C)C1CCC2(CNCCCN3CCCC3=O)CCC3(C)C(CCC4C5(C)CC=C(c6ccc(C(=O)O)c(F)c6)C(C)(C)C5CCC43C)C12. The Labute approximate surface area is 300 Å². The smallest absolute Gasteiger partial charge is 0.338 e. The molecule has 9 atom stereocenters. The molecule has 1 aliphatic heterocycles. The average Bonchev–Trinajstić information content (AvgIpc) is 3.64. The lowest BCUT2D eigenvalue weighted by Crippen LogP contribution is -2.65. The second-order valence-electron chi connectivity index (χ2n) is 19.1. The van der Waals surface area contributed by atoms with Crippen LogP contribution in [-0.2, 0) is 4.79 Å². The third-order valence-electron chi connectivity index (χ3n) is 16.8. The fraction of sp³-hybridized carbons (Fsp3) is 0.727. The standard InChI is InChI=1S/C44H63FN2O3/c1-28(2)30-15-20-44(27-46-23-9-25-47-24-8-10-37(47)48)22-21-42(6)33(38(30)44)13-14-36-41(5)18-16-32(29-11-12-31(39(49)50)34(45)26-29)40(3,4)35(41)17-19-43(36,42)7/h11-12,16,26,30,33,35-36,38,46H,1,8-10,13-15,17-25,27H2,2-7H3,(H,49,50). The summed E-state index contributed by atoms with van der Waals surface area (Å²) in [7, 11) is 0. The number of likely N-dealkylation sites (tertiary alicyclic amines) is 1. The lowest BCUT2D eigenvalue weighted by atomic mass is 9.32. The predicted molar refractivity (Wildman–Crippen MR) is 199 cm³/mol. The van der Waals surface area contributed by atoms with Crippen molar-refractivity contribution in [1.29, 1.82) is 0 Å². The highest BCUT2D eigenvalue weighted by Gasteiger charge is 2.70. The van der Waals surface area contributed by atoms with Gasteiger partial charge in [-0.05, 0) is 164 Å². The normalized spacial score (nSPS) is 40.4. The molecule has 274 valence electrons. The first-order valence-electron chi connectivity index (χ1n) is 20.0. The summed E-state index contributed by atoms with van der Waals surface area (Å²) in [5.74, 6) is 1.54. The number of carbonyl (C=O) groups excluding carboxylic acids is 1. The van der Waals surface area contributed by atoms with Crippen molar-refractivity contribution in [3.8, 4) is 0 Å². The number of nitrogens with zero attached hydrogens (tertiary/aromatic N) is 1.